The number of hydrogen-bond donors (Lipinski definition) is 1. The zero-order valence-electron chi connectivity index (χ0n) is 11.5. The summed E-state index contributed by atoms with van der Waals surface area (Å²) in [6, 6.07) is 12.0. The first-order valence-corrected chi connectivity index (χ1v) is 7.98. The number of benzene rings is 1. The van der Waals surface area contributed by atoms with E-state index in [1.807, 2.05) is 6.07 Å². The minimum absolute atomic E-state index is 0.275. The molecule has 3 rings (SSSR count). The number of fused-ring (bicyclic) bond motifs is 1. The predicted octanol–water partition coefficient (Wildman–Crippen LogP) is 1.99. The number of rotatable bonds is 4. The fourth-order valence-corrected chi connectivity index (χ4v) is 3.94. The van der Waals surface area contributed by atoms with Gasteiger partial charge in [0.05, 0.1) is 10.4 Å². The van der Waals surface area contributed by atoms with Crippen LogP contribution in [0.25, 0.3) is 10.9 Å². The molecule has 0 aliphatic heterocycles. The van der Waals surface area contributed by atoms with E-state index in [1.54, 1.807) is 55.8 Å². The second-order valence-corrected chi connectivity index (χ2v) is 6.47. The summed E-state index contributed by atoms with van der Waals surface area (Å²) in [5.74, 6) is 0. The molecular weight excluding hydrogens is 286 g/mol. The van der Waals surface area contributed by atoms with Gasteiger partial charge in [0.2, 0.25) is 0 Å². The fraction of sp³-hybridized carbons (Fsp3) is 0.133. The van der Waals surface area contributed by atoms with Crippen LogP contribution >= 0.6 is 0 Å². The van der Waals surface area contributed by atoms with Crippen molar-refractivity contribution in [2.45, 2.75) is 11.4 Å². The van der Waals surface area contributed by atoms with Gasteiger partial charge in [0.25, 0.3) is 10.0 Å². The van der Waals surface area contributed by atoms with Crippen LogP contribution in [0.4, 0.5) is 0 Å². The van der Waals surface area contributed by atoms with Crippen LogP contribution in [0.2, 0.25) is 0 Å². The molecular formula is C15H15N3O2S. The summed E-state index contributed by atoms with van der Waals surface area (Å²) in [7, 11) is -1.84. The minimum atomic E-state index is -3.63. The molecule has 0 unspecified atom stereocenters. The van der Waals surface area contributed by atoms with Gasteiger partial charge in [0.1, 0.15) is 0 Å². The number of nitrogens with zero attached hydrogens (tertiary/aromatic N) is 2. The molecule has 0 amide bonds. The third-order valence-corrected chi connectivity index (χ3v) is 5.05. The molecule has 6 heteroatoms. The van der Waals surface area contributed by atoms with Crippen LogP contribution in [0.3, 0.4) is 0 Å². The summed E-state index contributed by atoms with van der Waals surface area (Å²) in [4.78, 5) is 4.33. The van der Waals surface area contributed by atoms with Gasteiger partial charge in [-0.25, -0.2) is 12.4 Å². The molecule has 0 aliphatic rings. The molecule has 108 valence electrons. The summed E-state index contributed by atoms with van der Waals surface area (Å²) in [6.07, 6.45) is 3.27. The maximum atomic E-state index is 12.9. The summed E-state index contributed by atoms with van der Waals surface area (Å²) >= 11 is 0. The van der Waals surface area contributed by atoms with Gasteiger partial charge in [-0.15, -0.1) is 0 Å². The van der Waals surface area contributed by atoms with Crippen LogP contribution in [0.5, 0.6) is 0 Å². The van der Waals surface area contributed by atoms with E-state index in [9.17, 15) is 8.42 Å². The Morgan fingerprint density at radius 1 is 1.19 bits per heavy atom. The topological polar surface area (TPSA) is 64.0 Å². The van der Waals surface area contributed by atoms with E-state index < -0.39 is 10.0 Å². The Balaban J connectivity index is 2.30. The molecule has 2 aromatic heterocycles. The summed E-state index contributed by atoms with van der Waals surface area (Å²) in [5, 5.41) is 3.81. The Morgan fingerprint density at radius 2 is 1.95 bits per heavy atom. The normalized spacial score (nSPS) is 11.9. The second-order valence-electron chi connectivity index (χ2n) is 4.68. The largest absolute Gasteiger partial charge is 0.314 e. The lowest BCUT2D eigenvalue weighted by molar-refractivity contribution is 0.585. The molecule has 0 atom stereocenters. The first-order chi connectivity index (χ1) is 10.1. The van der Waals surface area contributed by atoms with Crippen LogP contribution in [0.1, 0.15) is 5.69 Å². The maximum absolute atomic E-state index is 12.9. The van der Waals surface area contributed by atoms with Crippen molar-refractivity contribution in [2.24, 2.45) is 0 Å². The molecule has 0 fully saturated rings. The summed E-state index contributed by atoms with van der Waals surface area (Å²) < 4.78 is 27.2. The van der Waals surface area contributed by atoms with E-state index in [-0.39, 0.29) is 4.90 Å². The predicted molar refractivity (Wildman–Crippen MR) is 81.5 cm³/mol. The van der Waals surface area contributed by atoms with Crippen LogP contribution in [-0.2, 0) is 16.6 Å². The Hall–Kier alpha value is -2.18. The van der Waals surface area contributed by atoms with Gasteiger partial charge in [0.15, 0.2) is 0 Å². The van der Waals surface area contributed by atoms with Crippen LogP contribution in [-0.4, -0.2) is 24.4 Å². The smallest absolute Gasteiger partial charge is 0.268 e. The molecule has 0 aliphatic carbocycles. The highest BCUT2D eigenvalue weighted by Crippen LogP contribution is 2.25. The third kappa shape index (κ3) is 2.32. The lowest BCUT2D eigenvalue weighted by Crippen LogP contribution is -2.18. The van der Waals surface area contributed by atoms with E-state index in [0.717, 1.165) is 5.39 Å². The molecule has 0 saturated heterocycles. The standard InChI is InChI=1S/C15H15N3O2S/c1-16-11-13-9-12-10-17-8-7-15(12)18(13)21(19,20)14-5-3-2-4-6-14/h2-10,16H,11H2,1H3. The molecule has 2 heterocycles. The molecule has 1 N–H and O–H groups in total. The Kier molecular flexibility index (Phi) is 3.48. The van der Waals surface area contributed by atoms with E-state index in [4.69, 9.17) is 0 Å². The van der Waals surface area contributed by atoms with E-state index >= 15 is 0 Å². The Bertz CT molecular complexity index is 870. The monoisotopic (exact) mass is 301 g/mol. The van der Waals surface area contributed by atoms with E-state index in [2.05, 4.69) is 10.3 Å². The zero-order chi connectivity index (χ0) is 14.9. The van der Waals surface area contributed by atoms with Crippen molar-refractivity contribution in [2.75, 3.05) is 7.05 Å². The molecule has 0 saturated carbocycles. The van der Waals surface area contributed by atoms with Crippen molar-refractivity contribution >= 4 is 20.9 Å². The highest BCUT2D eigenvalue weighted by atomic mass is 32.2. The fourth-order valence-electron chi connectivity index (χ4n) is 2.37. The van der Waals surface area contributed by atoms with Gasteiger partial charge in [-0.3, -0.25) is 4.98 Å². The van der Waals surface area contributed by atoms with E-state index in [0.29, 0.717) is 17.8 Å². The molecule has 0 bridgehead atoms. The zero-order valence-corrected chi connectivity index (χ0v) is 12.3. The number of nitrogens with one attached hydrogen (secondary N) is 1. The lowest BCUT2D eigenvalue weighted by Gasteiger charge is -2.11. The summed E-state index contributed by atoms with van der Waals surface area (Å²) in [5.41, 5.74) is 1.32. The van der Waals surface area contributed by atoms with Gasteiger partial charge < -0.3 is 5.32 Å². The van der Waals surface area contributed by atoms with Gasteiger partial charge in [-0.05, 0) is 31.3 Å². The molecule has 21 heavy (non-hydrogen) atoms. The first-order valence-electron chi connectivity index (χ1n) is 6.54. The van der Waals surface area contributed by atoms with Crippen LogP contribution in [0.15, 0.2) is 59.8 Å². The number of aromatic nitrogens is 2. The second kappa shape index (κ2) is 5.31. The van der Waals surface area contributed by atoms with Crippen LogP contribution < -0.4 is 5.32 Å². The lowest BCUT2D eigenvalue weighted by atomic mass is 10.3. The molecule has 5 nitrogen and oxygen atoms in total. The number of pyridine rings is 1. The van der Waals surface area contributed by atoms with Crippen LogP contribution in [0, 0.1) is 0 Å². The minimum Gasteiger partial charge on any atom is -0.314 e. The van der Waals surface area contributed by atoms with Gasteiger partial charge >= 0.3 is 0 Å². The number of hydrogen-bond acceptors (Lipinski definition) is 4. The van der Waals surface area contributed by atoms with Crippen molar-refractivity contribution < 1.29 is 8.42 Å². The van der Waals surface area contributed by atoms with Crippen molar-refractivity contribution in [1.29, 1.82) is 0 Å². The molecule has 0 spiro atoms. The molecule has 0 radical (unpaired) electrons. The van der Waals surface area contributed by atoms with Gasteiger partial charge in [-0.1, -0.05) is 18.2 Å². The highest BCUT2D eigenvalue weighted by molar-refractivity contribution is 7.90. The Labute approximate surface area is 123 Å². The van der Waals surface area contributed by atoms with Crippen molar-refractivity contribution in [1.82, 2.24) is 14.3 Å². The average molecular weight is 301 g/mol. The highest BCUT2D eigenvalue weighted by Gasteiger charge is 2.22. The first kappa shape index (κ1) is 13.8. The van der Waals surface area contributed by atoms with Gasteiger partial charge in [0, 0.05) is 30.0 Å². The van der Waals surface area contributed by atoms with Gasteiger partial charge in [-0.2, -0.15) is 0 Å². The van der Waals surface area contributed by atoms with Crippen molar-refractivity contribution in [3.8, 4) is 0 Å². The SMILES string of the molecule is CNCc1cc2cnccc2n1S(=O)(=O)c1ccccc1. The average Bonchev–Trinajstić information content (AvgIpc) is 2.87. The third-order valence-electron chi connectivity index (χ3n) is 3.27. The maximum Gasteiger partial charge on any atom is 0.268 e. The van der Waals surface area contributed by atoms with Crippen molar-refractivity contribution in [3.63, 3.8) is 0 Å². The molecule has 1 aromatic carbocycles. The van der Waals surface area contributed by atoms with E-state index in [1.165, 1.54) is 3.97 Å². The molecule has 3 aromatic rings. The summed E-state index contributed by atoms with van der Waals surface area (Å²) in [6.45, 7) is 0.459. The van der Waals surface area contributed by atoms with Crippen molar-refractivity contribution in [3.05, 3.63) is 60.6 Å². The Morgan fingerprint density at radius 3 is 2.67 bits per heavy atom. The quantitative estimate of drug-likeness (QED) is 0.800.